The zero-order valence-electron chi connectivity index (χ0n) is 12.6. The van der Waals surface area contributed by atoms with Crippen LogP contribution in [0.1, 0.15) is 56.7 Å². The number of rotatable bonds is 5. The van der Waals surface area contributed by atoms with Gasteiger partial charge in [0.1, 0.15) is 0 Å². The van der Waals surface area contributed by atoms with Gasteiger partial charge in [-0.2, -0.15) is 0 Å². The SMILES string of the molecule is CCC(C)c1ccc(C(NC)C2OCCC2C)cc1. The quantitative estimate of drug-likeness (QED) is 0.868. The molecule has 19 heavy (non-hydrogen) atoms. The summed E-state index contributed by atoms with van der Waals surface area (Å²) >= 11 is 0. The number of nitrogens with one attached hydrogen (secondary N) is 1. The summed E-state index contributed by atoms with van der Waals surface area (Å²) in [5.74, 6) is 1.27. The highest BCUT2D eigenvalue weighted by Gasteiger charge is 2.32. The molecule has 106 valence electrons. The lowest BCUT2D eigenvalue weighted by molar-refractivity contribution is 0.0631. The highest BCUT2D eigenvalue weighted by Crippen LogP contribution is 2.31. The van der Waals surface area contributed by atoms with E-state index >= 15 is 0 Å². The summed E-state index contributed by atoms with van der Waals surface area (Å²) in [5, 5.41) is 3.43. The number of benzene rings is 1. The molecule has 4 unspecified atom stereocenters. The van der Waals surface area contributed by atoms with Crippen molar-refractivity contribution in [2.45, 2.75) is 51.7 Å². The van der Waals surface area contributed by atoms with Crippen molar-refractivity contribution < 1.29 is 4.74 Å². The summed E-state index contributed by atoms with van der Waals surface area (Å²) in [6, 6.07) is 9.37. The molecule has 2 heteroatoms. The van der Waals surface area contributed by atoms with Gasteiger partial charge in [-0.1, -0.05) is 45.0 Å². The fourth-order valence-electron chi connectivity index (χ4n) is 2.93. The summed E-state index contributed by atoms with van der Waals surface area (Å²) in [4.78, 5) is 0. The van der Waals surface area contributed by atoms with Crippen LogP contribution in [0.5, 0.6) is 0 Å². The first-order valence-electron chi connectivity index (χ1n) is 7.56. The molecule has 4 atom stereocenters. The van der Waals surface area contributed by atoms with Crippen LogP contribution in [-0.4, -0.2) is 19.8 Å². The average molecular weight is 261 g/mol. The molecule has 1 aromatic rings. The Morgan fingerprint density at radius 2 is 1.89 bits per heavy atom. The normalized spacial score (nSPS) is 26.3. The zero-order valence-corrected chi connectivity index (χ0v) is 12.6. The van der Waals surface area contributed by atoms with Gasteiger partial charge in [0.15, 0.2) is 0 Å². The molecule has 1 saturated heterocycles. The molecule has 1 N–H and O–H groups in total. The maximum absolute atomic E-state index is 5.91. The number of ether oxygens (including phenoxy) is 1. The maximum atomic E-state index is 5.91. The van der Waals surface area contributed by atoms with Crippen LogP contribution in [0.25, 0.3) is 0 Å². The summed E-state index contributed by atoms with van der Waals surface area (Å²) in [6.45, 7) is 7.71. The largest absolute Gasteiger partial charge is 0.376 e. The molecule has 0 aromatic heterocycles. The molecule has 1 aliphatic rings. The number of hydrogen-bond acceptors (Lipinski definition) is 2. The lowest BCUT2D eigenvalue weighted by Gasteiger charge is -2.26. The van der Waals surface area contributed by atoms with E-state index in [4.69, 9.17) is 4.74 Å². The first-order valence-corrected chi connectivity index (χ1v) is 7.56. The van der Waals surface area contributed by atoms with E-state index in [-0.39, 0.29) is 0 Å². The van der Waals surface area contributed by atoms with E-state index in [1.165, 1.54) is 24.0 Å². The van der Waals surface area contributed by atoms with Crippen LogP contribution in [0.4, 0.5) is 0 Å². The van der Waals surface area contributed by atoms with Gasteiger partial charge in [0, 0.05) is 6.61 Å². The first-order chi connectivity index (χ1) is 9.17. The minimum Gasteiger partial charge on any atom is -0.376 e. The smallest absolute Gasteiger partial charge is 0.0795 e. The molecule has 0 radical (unpaired) electrons. The van der Waals surface area contributed by atoms with E-state index in [1.807, 2.05) is 7.05 Å². The Morgan fingerprint density at radius 3 is 2.37 bits per heavy atom. The maximum Gasteiger partial charge on any atom is 0.0795 e. The molecule has 0 saturated carbocycles. The highest BCUT2D eigenvalue weighted by molar-refractivity contribution is 5.28. The van der Waals surface area contributed by atoms with Crippen molar-refractivity contribution in [1.29, 1.82) is 0 Å². The topological polar surface area (TPSA) is 21.3 Å². The van der Waals surface area contributed by atoms with Gasteiger partial charge in [-0.25, -0.2) is 0 Å². The summed E-state index contributed by atoms with van der Waals surface area (Å²) in [7, 11) is 2.03. The molecule has 1 heterocycles. The molecular weight excluding hydrogens is 234 g/mol. The lowest BCUT2D eigenvalue weighted by Crippen LogP contribution is -2.32. The van der Waals surface area contributed by atoms with Crippen LogP contribution in [0.15, 0.2) is 24.3 Å². The third kappa shape index (κ3) is 3.18. The molecule has 1 aliphatic heterocycles. The molecule has 1 fully saturated rings. The van der Waals surface area contributed by atoms with E-state index in [1.54, 1.807) is 0 Å². The van der Waals surface area contributed by atoms with Crippen molar-refractivity contribution in [3.63, 3.8) is 0 Å². The Morgan fingerprint density at radius 1 is 1.26 bits per heavy atom. The Bertz CT molecular complexity index is 387. The second-order valence-electron chi connectivity index (χ2n) is 5.84. The minimum atomic E-state index is 0.305. The molecular formula is C17H27NO. The van der Waals surface area contributed by atoms with Crippen LogP contribution >= 0.6 is 0 Å². The third-order valence-corrected chi connectivity index (χ3v) is 4.56. The highest BCUT2D eigenvalue weighted by atomic mass is 16.5. The Hall–Kier alpha value is -0.860. The Labute approximate surface area is 117 Å². The molecule has 2 rings (SSSR count). The van der Waals surface area contributed by atoms with Crippen LogP contribution in [-0.2, 0) is 4.74 Å². The van der Waals surface area contributed by atoms with E-state index in [0.717, 1.165) is 6.61 Å². The molecule has 0 spiro atoms. The van der Waals surface area contributed by atoms with Gasteiger partial charge >= 0.3 is 0 Å². The second kappa shape index (κ2) is 6.53. The second-order valence-corrected chi connectivity index (χ2v) is 5.84. The summed E-state index contributed by atoms with van der Waals surface area (Å²) in [6.07, 6.45) is 2.67. The molecule has 0 aliphatic carbocycles. The van der Waals surface area contributed by atoms with Crippen LogP contribution in [0.3, 0.4) is 0 Å². The number of hydrogen-bond donors (Lipinski definition) is 1. The van der Waals surface area contributed by atoms with Crippen molar-refractivity contribution in [2.24, 2.45) is 5.92 Å². The Kier molecular flexibility index (Phi) is 5.00. The van der Waals surface area contributed by atoms with E-state index in [2.05, 4.69) is 50.4 Å². The predicted molar refractivity (Wildman–Crippen MR) is 80.5 cm³/mol. The molecule has 1 aromatic carbocycles. The van der Waals surface area contributed by atoms with Gasteiger partial charge in [-0.3, -0.25) is 0 Å². The van der Waals surface area contributed by atoms with Crippen LogP contribution in [0, 0.1) is 5.92 Å². The number of likely N-dealkylation sites (N-methyl/N-ethyl adjacent to an activating group) is 1. The van der Waals surface area contributed by atoms with Crippen molar-refractivity contribution in [3.05, 3.63) is 35.4 Å². The third-order valence-electron chi connectivity index (χ3n) is 4.56. The minimum absolute atomic E-state index is 0.305. The van der Waals surface area contributed by atoms with Crippen molar-refractivity contribution in [1.82, 2.24) is 5.32 Å². The fraction of sp³-hybridized carbons (Fsp3) is 0.647. The molecule has 0 amide bonds. The van der Waals surface area contributed by atoms with Crippen molar-refractivity contribution in [3.8, 4) is 0 Å². The Balaban J connectivity index is 2.15. The van der Waals surface area contributed by atoms with E-state index < -0.39 is 0 Å². The monoisotopic (exact) mass is 261 g/mol. The molecule has 2 nitrogen and oxygen atoms in total. The molecule has 0 bridgehead atoms. The summed E-state index contributed by atoms with van der Waals surface area (Å²) in [5.41, 5.74) is 2.77. The van der Waals surface area contributed by atoms with Gasteiger partial charge in [-0.05, 0) is 42.9 Å². The van der Waals surface area contributed by atoms with E-state index in [9.17, 15) is 0 Å². The van der Waals surface area contributed by atoms with Crippen LogP contribution in [0.2, 0.25) is 0 Å². The fourth-order valence-corrected chi connectivity index (χ4v) is 2.93. The van der Waals surface area contributed by atoms with Crippen molar-refractivity contribution in [2.75, 3.05) is 13.7 Å². The lowest BCUT2D eigenvalue weighted by atomic mass is 9.90. The standard InChI is InChI=1S/C17H27NO/c1-5-12(2)14-6-8-15(9-7-14)16(18-4)17-13(3)10-11-19-17/h6-9,12-13,16-18H,5,10-11H2,1-4H3. The van der Waals surface area contributed by atoms with Crippen LogP contribution < -0.4 is 5.32 Å². The zero-order chi connectivity index (χ0) is 13.8. The van der Waals surface area contributed by atoms with Gasteiger partial charge in [0.2, 0.25) is 0 Å². The van der Waals surface area contributed by atoms with Gasteiger partial charge < -0.3 is 10.1 Å². The van der Waals surface area contributed by atoms with Gasteiger partial charge in [0.25, 0.3) is 0 Å². The average Bonchev–Trinajstić information content (AvgIpc) is 2.86. The van der Waals surface area contributed by atoms with Gasteiger partial charge in [-0.15, -0.1) is 0 Å². The van der Waals surface area contributed by atoms with Gasteiger partial charge in [0.05, 0.1) is 12.1 Å². The van der Waals surface area contributed by atoms with Crippen molar-refractivity contribution >= 4 is 0 Å². The summed E-state index contributed by atoms with van der Waals surface area (Å²) < 4.78 is 5.91. The first kappa shape index (κ1) is 14.5. The van der Waals surface area contributed by atoms with E-state index in [0.29, 0.717) is 24.0 Å². The predicted octanol–water partition coefficient (Wildman–Crippen LogP) is 3.89.